The van der Waals surface area contributed by atoms with Gasteiger partial charge in [-0.25, -0.2) is 0 Å². The largest absolute Gasteiger partial charge is 0.458 e. The highest BCUT2D eigenvalue weighted by atomic mass is 32.2. The highest BCUT2D eigenvalue weighted by molar-refractivity contribution is 8.00. The maximum Gasteiger partial charge on any atom is 0.260 e. The summed E-state index contributed by atoms with van der Waals surface area (Å²) in [4.78, 5) is 7.13. The van der Waals surface area contributed by atoms with Crippen LogP contribution < -0.4 is 77.6 Å². The second kappa shape index (κ2) is 21.3. The van der Waals surface area contributed by atoms with Gasteiger partial charge < -0.3 is 24.2 Å². The number of rotatable bonds is 4. The maximum absolute atomic E-state index is 11.2. The molecule has 0 spiro atoms. The number of benzene rings is 10. The van der Waals surface area contributed by atoms with E-state index in [-0.39, 0.29) is 40.5 Å². The molecule has 16 rings (SSSR count). The van der Waals surface area contributed by atoms with Gasteiger partial charge in [-0.1, -0.05) is 177 Å². The molecule has 6 aliphatic rings. The Morgan fingerprint density at radius 3 is 0.979 bits per heavy atom. The van der Waals surface area contributed by atoms with Crippen LogP contribution in [0, 0.1) is 34.0 Å². The molecular formula is C84H76B3N7O2S. The van der Waals surface area contributed by atoms with Crippen LogP contribution in [0.3, 0.4) is 0 Å². The number of hydrogen-bond acceptors (Lipinski definition) is 10. The molecule has 9 nitrogen and oxygen atoms in total. The van der Waals surface area contributed by atoms with Crippen LogP contribution in [0.15, 0.2) is 170 Å². The smallest absolute Gasteiger partial charge is 0.260 e. The average Bonchev–Trinajstić information content (AvgIpc) is 0.693. The van der Waals surface area contributed by atoms with E-state index in [0.717, 1.165) is 101 Å². The molecule has 97 heavy (non-hydrogen) atoms. The van der Waals surface area contributed by atoms with Crippen LogP contribution in [0.1, 0.15) is 148 Å². The van der Waals surface area contributed by atoms with E-state index in [4.69, 9.17) is 9.47 Å². The predicted octanol–water partition coefficient (Wildman–Crippen LogP) is 15.6. The molecule has 10 aromatic rings. The number of ether oxygens (including phenoxy) is 2. The van der Waals surface area contributed by atoms with Crippen LogP contribution in [0.2, 0.25) is 0 Å². The summed E-state index contributed by atoms with van der Waals surface area (Å²) < 4.78 is 16.9. The quantitative estimate of drug-likeness (QED) is 0.125. The molecular weight excluding hydrogens is 1200 g/mol. The fourth-order valence-electron chi connectivity index (χ4n) is 15.9. The Hall–Kier alpha value is -9.99. The van der Waals surface area contributed by atoms with Crippen LogP contribution in [0.4, 0.5) is 62.6 Å². The van der Waals surface area contributed by atoms with Gasteiger partial charge >= 0.3 is 0 Å². The first-order chi connectivity index (χ1) is 46.0. The van der Waals surface area contributed by atoms with E-state index in [1.54, 1.807) is 11.9 Å². The number of fused-ring (bicyclic) bond motifs is 12. The molecule has 6 heterocycles. The Morgan fingerprint density at radius 1 is 0.299 bits per heavy atom. The first kappa shape index (κ1) is 61.9. The first-order valence-corrected chi connectivity index (χ1v) is 35.0. The molecule has 474 valence electrons. The fraction of sp³-hybridized carbons (Fsp3) is 0.250. The molecule has 0 atom stereocenters. The molecule has 10 aromatic carbocycles. The maximum atomic E-state index is 11.2. The molecule has 0 N–H and O–H groups in total. The third-order valence-corrected chi connectivity index (χ3v) is 21.8. The number of anilines is 11. The van der Waals surface area contributed by atoms with E-state index in [1.165, 1.54) is 38.7 Å². The normalized spacial score (nSPS) is 14.4. The molecule has 0 aromatic heterocycles. The van der Waals surface area contributed by atoms with Crippen molar-refractivity contribution in [1.29, 1.82) is 15.8 Å². The predicted molar refractivity (Wildman–Crippen MR) is 407 cm³/mol. The molecule has 0 bridgehead atoms. The van der Waals surface area contributed by atoms with Crippen molar-refractivity contribution in [1.82, 2.24) is 0 Å². The lowest BCUT2D eigenvalue weighted by molar-refractivity contribution is 0.464. The zero-order valence-corrected chi connectivity index (χ0v) is 59.1. The van der Waals surface area contributed by atoms with Crippen molar-refractivity contribution in [3.05, 3.63) is 214 Å². The molecule has 0 fully saturated rings. The van der Waals surface area contributed by atoms with Crippen LogP contribution in [0.25, 0.3) is 0 Å². The number of nitrogens with zero attached hydrogens (tertiary/aromatic N) is 7. The van der Waals surface area contributed by atoms with Crippen molar-refractivity contribution in [3.63, 3.8) is 0 Å². The van der Waals surface area contributed by atoms with E-state index >= 15 is 0 Å². The highest BCUT2D eigenvalue weighted by Crippen LogP contribution is 2.50. The van der Waals surface area contributed by atoms with Crippen LogP contribution >= 0.6 is 11.9 Å². The van der Waals surface area contributed by atoms with Gasteiger partial charge in [0.25, 0.3) is 20.1 Å². The minimum Gasteiger partial charge on any atom is -0.458 e. The third kappa shape index (κ3) is 9.56. The standard InChI is InChI=1S/C84H76B3N7O2S/c1-80(2,3)51-17-25-56(26-18-51)91-65-31-23-54(83(10,11)12)39-59(65)85-61-41-63-73(43-67(61)93(58-29-21-53(22-30-58)82(7,8)9)70-34-48(45-88)33-69(91)77(70)85)95-75-37-50(47-90)38-76-79(75)87(63)64-42-62-68(44-74(64)96-76)94(97-16)72-36-49(46-89)35-71-78(72)86(62)60-40-55(84(13,14)15)24-32-66(60)92(71)57-27-19-52(20-28-57)81(4,5)6/h17-44H,1-16H3. The van der Waals surface area contributed by atoms with Gasteiger partial charge in [-0.05, 0) is 195 Å². The second-order valence-corrected chi connectivity index (χ2v) is 33.1. The van der Waals surface area contributed by atoms with E-state index in [0.29, 0.717) is 39.7 Å². The zero-order chi connectivity index (χ0) is 68.1. The van der Waals surface area contributed by atoms with Crippen molar-refractivity contribution < 1.29 is 9.47 Å². The summed E-state index contributed by atoms with van der Waals surface area (Å²) in [5.41, 5.74) is 27.6. The van der Waals surface area contributed by atoms with E-state index < -0.39 is 6.71 Å². The SMILES string of the molecule is CSN1c2cc3c(cc2B2c4cc(C(C)(C)C)ccc4N(c4ccc(C(C)(C)C)cc4)c4cc(C#N)cc1c42)B1c2cc4c(cc2Oc2cc(C#N)cc(c21)O3)N(c1ccc(C(C)(C)C)cc1)c1cc(C#N)cc2c1B4c1cc(C(C)(C)C)ccc1N2c1ccc(C(C)(C)C)cc1. The Balaban J connectivity index is 0.970. The summed E-state index contributed by atoms with van der Waals surface area (Å²) in [7, 11) is 0. The molecule has 13 heteroatoms. The lowest BCUT2D eigenvalue weighted by Gasteiger charge is -2.45. The van der Waals surface area contributed by atoms with E-state index in [1.807, 2.05) is 12.1 Å². The van der Waals surface area contributed by atoms with Gasteiger partial charge in [0.2, 0.25) is 0 Å². The molecule has 0 amide bonds. The monoisotopic (exact) mass is 1280 g/mol. The molecule has 0 aliphatic carbocycles. The fourth-order valence-corrected chi connectivity index (χ4v) is 16.6. The van der Waals surface area contributed by atoms with Gasteiger partial charge in [0, 0.05) is 75.0 Å². The van der Waals surface area contributed by atoms with Crippen LogP contribution in [-0.4, -0.2) is 26.4 Å². The molecule has 6 aliphatic heterocycles. The van der Waals surface area contributed by atoms with Crippen molar-refractivity contribution in [3.8, 4) is 41.2 Å². The van der Waals surface area contributed by atoms with Crippen molar-refractivity contribution >= 4 is 144 Å². The Kier molecular flexibility index (Phi) is 13.6. The molecule has 0 radical (unpaired) electrons. The number of hydrogen-bond donors (Lipinski definition) is 0. The minimum absolute atomic E-state index is 0.0452. The Morgan fingerprint density at radius 2 is 0.608 bits per heavy atom. The molecule has 0 unspecified atom stereocenters. The van der Waals surface area contributed by atoms with E-state index in [9.17, 15) is 15.8 Å². The second-order valence-electron chi connectivity index (χ2n) is 32.4. The minimum atomic E-state index is -0.421. The highest BCUT2D eigenvalue weighted by Gasteiger charge is 2.50. The number of nitriles is 3. The third-order valence-electron chi connectivity index (χ3n) is 21.1. The average molecular weight is 1280 g/mol. The lowest BCUT2D eigenvalue weighted by atomic mass is 9.29. The summed E-state index contributed by atoms with van der Waals surface area (Å²) in [5.74, 6) is 2.50. The first-order valence-electron chi connectivity index (χ1n) is 33.8. The van der Waals surface area contributed by atoms with Crippen LogP contribution in [-0.2, 0) is 27.1 Å². The molecule has 0 saturated heterocycles. The van der Waals surface area contributed by atoms with Crippen molar-refractivity contribution in [2.24, 2.45) is 0 Å². The molecule has 0 saturated carbocycles. The zero-order valence-electron chi connectivity index (χ0n) is 58.3. The Labute approximate surface area is 577 Å². The topological polar surface area (TPSA) is 103 Å². The van der Waals surface area contributed by atoms with Crippen molar-refractivity contribution in [2.75, 3.05) is 25.3 Å². The van der Waals surface area contributed by atoms with Gasteiger partial charge in [0.05, 0.1) is 46.3 Å². The van der Waals surface area contributed by atoms with Crippen LogP contribution in [0.5, 0.6) is 23.0 Å². The van der Waals surface area contributed by atoms with Gasteiger partial charge in [-0.2, -0.15) is 15.8 Å². The summed E-state index contributed by atoms with van der Waals surface area (Å²) in [6.07, 6.45) is 2.11. The summed E-state index contributed by atoms with van der Waals surface area (Å²) in [6, 6.07) is 70.0. The van der Waals surface area contributed by atoms with E-state index in [2.05, 4.69) is 305 Å². The Bertz CT molecular complexity index is 5200. The summed E-state index contributed by atoms with van der Waals surface area (Å²) in [5, 5.41) is 33.0. The summed E-state index contributed by atoms with van der Waals surface area (Å²) in [6.45, 7) is 33.0. The lowest BCUT2D eigenvalue weighted by Crippen LogP contribution is -2.65. The van der Waals surface area contributed by atoms with Gasteiger partial charge in [-0.15, -0.1) is 0 Å². The van der Waals surface area contributed by atoms with Gasteiger partial charge in [0.1, 0.15) is 23.0 Å². The van der Waals surface area contributed by atoms with Crippen molar-refractivity contribution in [2.45, 2.75) is 131 Å². The van der Waals surface area contributed by atoms with Gasteiger partial charge in [-0.3, -0.25) is 4.31 Å². The van der Waals surface area contributed by atoms with Gasteiger partial charge in [0.15, 0.2) is 0 Å². The summed E-state index contributed by atoms with van der Waals surface area (Å²) >= 11 is 1.62.